The Morgan fingerprint density at radius 3 is 2.39 bits per heavy atom. The molecule has 0 aliphatic rings. The molecule has 0 spiro atoms. The first-order valence-corrected chi connectivity index (χ1v) is 6.34. The molecule has 0 amide bonds. The first kappa shape index (κ1) is 16.4. The molecule has 0 saturated heterocycles. The molecule has 4 nitrogen and oxygen atoms in total. The molecule has 0 N–H and O–H groups in total. The molecule has 0 unspecified atom stereocenters. The Bertz CT molecular complexity index is 818. The molecule has 0 heterocycles. The van der Waals surface area contributed by atoms with Gasteiger partial charge in [0.05, 0.1) is 0 Å². The quantitative estimate of drug-likeness (QED) is 0.356. The minimum Gasteiger partial charge on any atom is -0.420 e. The lowest BCUT2D eigenvalue weighted by molar-refractivity contribution is -0.130. The number of hydrogen-bond donors (Lipinski definition) is 0. The van der Waals surface area contributed by atoms with Crippen molar-refractivity contribution < 1.29 is 22.7 Å². The van der Waals surface area contributed by atoms with E-state index in [-0.39, 0.29) is 16.7 Å². The summed E-state index contributed by atoms with van der Waals surface area (Å²) in [7, 11) is 0. The lowest BCUT2D eigenvalue weighted by Crippen LogP contribution is -2.10. The van der Waals surface area contributed by atoms with Crippen LogP contribution in [0.3, 0.4) is 0 Å². The molecule has 0 radical (unpaired) electrons. The number of benzene rings is 2. The summed E-state index contributed by atoms with van der Waals surface area (Å²) in [6, 6.07) is 5.29. The molecule has 2 aromatic carbocycles. The number of nitrogens with zero attached hydrogens (tertiary/aromatic N) is 1. The van der Waals surface area contributed by atoms with Gasteiger partial charge in [-0.25, -0.2) is 13.6 Å². The highest BCUT2D eigenvalue weighted by atomic mass is 19.2. The monoisotopic (exact) mass is 321 g/mol. The SMILES string of the molecule is C=C(C)C(=O)Oc1ccc(-c2ccc(N=O)c(F)c2)c(F)c1F. The number of esters is 1. The van der Waals surface area contributed by atoms with Gasteiger partial charge in [0.25, 0.3) is 0 Å². The van der Waals surface area contributed by atoms with Crippen LogP contribution in [0.4, 0.5) is 18.9 Å². The molecule has 2 rings (SSSR count). The van der Waals surface area contributed by atoms with Gasteiger partial charge >= 0.3 is 5.97 Å². The van der Waals surface area contributed by atoms with Crippen LogP contribution in [0.15, 0.2) is 47.7 Å². The Morgan fingerprint density at radius 1 is 1.13 bits per heavy atom. The number of hydrogen-bond acceptors (Lipinski definition) is 4. The van der Waals surface area contributed by atoms with E-state index in [1.54, 1.807) is 0 Å². The molecule has 118 valence electrons. The third-order valence-corrected chi connectivity index (χ3v) is 2.96. The van der Waals surface area contributed by atoms with E-state index in [0.717, 1.165) is 24.3 Å². The second-order valence-corrected chi connectivity index (χ2v) is 4.67. The Balaban J connectivity index is 2.44. The Morgan fingerprint density at radius 2 is 1.83 bits per heavy atom. The second-order valence-electron chi connectivity index (χ2n) is 4.67. The van der Waals surface area contributed by atoms with Gasteiger partial charge < -0.3 is 4.74 Å². The van der Waals surface area contributed by atoms with Crippen LogP contribution >= 0.6 is 0 Å². The normalized spacial score (nSPS) is 10.3. The fourth-order valence-corrected chi connectivity index (χ4v) is 1.77. The van der Waals surface area contributed by atoms with E-state index in [2.05, 4.69) is 16.5 Å². The number of halogens is 3. The molecule has 2 aromatic rings. The summed E-state index contributed by atoms with van der Waals surface area (Å²) in [5.74, 6) is -5.18. The van der Waals surface area contributed by atoms with E-state index in [0.29, 0.717) is 0 Å². The van der Waals surface area contributed by atoms with Crippen molar-refractivity contribution in [3.63, 3.8) is 0 Å². The maximum absolute atomic E-state index is 14.1. The van der Waals surface area contributed by atoms with E-state index in [1.165, 1.54) is 13.0 Å². The number of nitroso groups, excluding NO2 is 1. The summed E-state index contributed by atoms with van der Waals surface area (Å²) >= 11 is 0. The molecular weight excluding hydrogens is 311 g/mol. The van der Waals surface area contributed by atoms with Crippen LogP contribution in [-0.2, 0) is 4.79 Å². The summed E-state index contributed by atoms with van der Waals surface area (Å²) in [6.45, 7) is 4.69. The highest BCUT2D eigenvalue weighted by Crippen LogP contribution is 2.32. The Kier molecular flexibility index (Phi) is 4.59. The van der Waals surface area contributed by atoms with Crippen molar-refractivity contribution in [2.45, 2.75) is 6.92 Å². The van der Waals surface area contributed by atoms with Crippen LogP contribution in [-0.4, -0.2) is 5.97 Å². The van der Waals surface area contributed by atoms with E-state index in [9.17, 15) is 22.9 Å². The summed E-state index contributed by atoms with van der Waals surface area (Å²) in [5.41, 5.74) is -0.674. The third kappa shape index (κ3) is 3.28. The zero-order valence-corrected chi connectivity index (χ0v) is 11.9. The topological polar surface area (TPSA) is 55.7 Å². The smallest absolute Gasteiger partial charge is 0.338 e. The fourth-order valence-electron chi connectivity index (χ4n) is 1.77. The van der Waals surface area contributed by atoms with Crippen molar-refractivity contribution in [2.24, 2.45) is 5.18 Å². The maximum atomic E-state index is 14.1. The van der Waals surface area contributed by atoms with E-state index >= 15 is 0 Å². The molecule has 23 heavy (non-hydrogen) atoms. The maximum Gasteiger partial charge on any atom is 0.338 e. The minimum absolute atomic E-state index is 0.00378. The van der Waals surface area contributed by atoms with Gasteiger partial charge in [-0.1, -0.05) is 12.6 Å². The molecule has 0 bridgehead atoms. The predicted molar refractivity (Wildman–Crippen MR) is 77.7 cm³/mol. The van der Waals surface area contributed by atoms with Crippen molar-refractivity contribution in [3.8, 4) is 16.9 Å². The molecule has 0 aromatic heterocycles. The third-order valence-electron chi connectivity index (χ3n) is 2.96. The molecule has 0 saturated carbocycles. The van der Waals surface area contributed by atoms with Crippen molar-refractivity contribution in [3.05, 3.63) is 64.8 Å². The van der Waals surface area contributed by atoms with Crippen LogP contribution in [0.2, 0.25) is 0 Å². The highest BCUT2D eigenvalue weighted by molar-refractivity contribution is 5.88. The average molecular weight is 321 g/mol. The van der Waals surface area contributed by atoms with Crippen LogP contribution in [0, 0.1) is 22.4 Å². The first-order chi connectivity index (χ1) is 10.8. The van der Waals surface area contributed by atoms with Gasteiger partial charge in [-0.3, -0.25) is 0 Å². The summed E-state index contributed by atoms with van der Waals surface area (Å²) in [4.78, 5) is 21.7. The van der Waals surface area contributed by atoms with Gasteiger partial charge in [0.2, 0.25) is 5.82 Å². The number of rotatable bonds is 4. The minimum atomic E-state index is -1.39. The van der Waals surface area contributed by atoms with Crippen molar-refractivity contribution in [1.29, 1.82) is 0 Å². The van der Waals surface area contributed by atoms with Gasteiger partial charge in [0.1, 0.15) is 5.69 Å². The largest absolute Gasteiger partial charge is 0.420 e. The van der Waals surface area contributed by atoms with E-state index in [1.807, 2.05) is 0 Å². The van der Waals surface area contributed by atoms with Gasteiger partial charge in [-0.05, 0) is 41.9 Å². The first-order valence-electron chi connectivity index (χ1n) is 6.34. The van der Waals surface area contributed by atoms with Crippen LogP contribution < -0.4 is 4.74 Å². The molecule has 0 aliphatic carbocycles. The van der Waals surface area contributed by atoms with Crippen molar-refractivity contribution in [2.75, 3.05) is 0 Å². The van der Waals surface area contributed by atoms with Gasteiger partial charge in [0, 0.05) is 11.1 Å². The van der Waals surface area contributed by atoms with Gasteiger partial charge in [0.15, 0.2) is 17.4 Å². The summed E-state index contributed by atoms with van der Waals surface area (Å²) < 4.78 is 46.3. The zero-order chi connectivity index (χ0) is 17.1. The van der Waals surface area contributed by atoms with E-state index in [4.69, 9.17) is 0 Å². The summed E-state index contributed by atoms with van der Waals surface area (Å²) in [5, 5.41) is 2.45. The zero-order valence-electron chi connectivity index (χ0n) is 11.9. The van der Waals surface area contributed by atoms with Crippen LogP contribution in [0.1, 0.15) is 6.92 Å². The summed E-state index contributed by atoms with van der Waals surface area (Å²) in [6.07, 6.45) is 0. The van der Waals surface area contributed by atoms with Crippen molar-refractivity contribution in [1.82, 2.24) is 0 Å². The molecular formula is C16H10F3NO3. The van der Waals surface area contributed by atoms with Gasteiger partial charge in [-0.15, -0.1) is 4.91 Å². The lowest BCUT2D eigenvalue weighted by Gasteiger charge is -2.09. The number of ether oxygens (including phenoxy) is 1. The Hall–Kier alpha value is -2.96. The molecule has 0 fully saturated rings. The van der Waals surface area contributed by atoms with Gasteiger partial charge in [-0.2, -0.15) is 4.39 Å². The second kappa shape index (κ2) is 6.43. The fraction of sp³-hybridized carbons (Fsp3) is 0.0625. The van der Waals surface area contributed by atoms with E-state index < -0.39 is 34.9 Å². The number of carbonyl (C=O) groups is 1. The predicted octanol–water partition coefficient (Wildman–Crippen LogP) is 4.65. The standard InChI is InChI=1S/C16H10F3NO3/c1-8(2)16(21)23-13-6-4-10(14(18)15(13)19)9-3-5-12(20-22)11(17)7-9/h3-7H,1H2,2H3. The molecule has 0 aliphatic heterocycles. The average Bonchev–Trinajstić information content (AvgIpc) is 2.51. The number of carbonyl (C=O) groups excluding carboxylic acids is 1. The highest BCUT2D eigenvalue weighted by Gasteiger charge is 2.19. The van der Waals surface area contributed by atoms with Crippen LogP contribution in [0.5, 0.6) is 5.75 Å². The van der Waals surface area contributed by atoms with Crippen molar-refractivity contribution >= 4 is 11.7 Å². The van der Waals surface area contributed by atoms with Crippen LogP contribution in [0.25, 0.3) is 11.1 Å². The lowest BCUT2D eigenvalue weighted by atomic mass is 10.0. The molecule has 0 atom stereocenters. The Labute approximate surface area is 129 Å². The molecule has 7 heteroatoms.